The van der Waals surface area contributed by atoms with Crippen LogP contribution in [0.4, 0.5) is 0 Å². The minimum absolute atomic E-state index is 0.00122. The van der Waals surface area contributed by atoms with Crippen LogP contribution in [-0.4, -0.2) is 41.6 Å². The standard InChI is InChI=1S/C22H24N2O5S/c1-4-26-18-12-16(13-19(27-5-2)20(18)28-6-3)21-23-24-22(29-21)30-14-17(25)15-10-8-7-9-11-15/h7-13H,4-6,14H2,1-3H3. The Morgan fingerprint density at radius 2 is 1.57 bits per heavy atom. The van der Waals surface area contributed by atoms with Crippen molar-refractivity contribution >= 4 is 17.5 Å². The average molecular weight is 429 g/mol. The van der Waals surface area contributed by atoms with Crippen LogP contribution in [0.15, 0.2) is 52.1 Å². The topological polar surface area (TPSA) is 83.7 Å². The van der Waals surface area contributed by atoms with Gasteiger partial charge in [0.2, 0.25) is 11.6 Å². The summed E-state index contributed by atoms with van der Waals surface area (Å²) >= 11 is 1.20. The number of thioether (sulfide) groups is 1. The molecule has 3 aromatic rings. The number of rotatable bonds is 11. The summed E-state index contributed by atoms with van der Waals surface area (Å²) in [6, 6.07) is 12.7. The van der Waals surface area contributed by atoms with E-state index in [2.05, 4.69) is 10.2 Å². The number of hydrogen-bond donors (Lipinski definition) is 0. The number of carbonyl (C=O) groups is 1. The minimum Gasteiger partial charge on any atom is -0.490 e. The smallest absolute Gasteiger partial charge is 0.277 e. The maximum atomic E-state index is 12.3. The Kier molecular flexibility index (Phi) is 7.73. The van der Waals surface area contributed by atoms with Crippen molar-refractivity contribution in [3.63, 3.8) is 0 Å². The third-order valence-corrected chi connectivity index (χ3v) is 4.80. The van der Waals surface area contributed by atoms with Gasteiger partial charge in [-0.25, -0.2) is 0 Å². The van der Waals surface area contributed by atoms with E-state index >= 15 is 0 Å². The van der Waals surface area contributed by atoms with E-state index in [0.717, 1.165) is 0 Å². The van der Waals surface area contributed by atoms with E-state index in [4.69, 9.17) is 18.6 Å². The monoisotopic (exact) mass is 428 g/mol. The zero-order chi connectivity index (χ0) is 21.3. The Hall–Kier alpha value is -3.00. The third kappa shape index (κ3) is 5.33. The highest BCUT2D eigenvalue weighted by Gasteiger charge is 2.19. The van der Waals surface area contributed by atoms with Gasteiger partial charge in [0, 0.05) is 11.1 Å². The molecule has 1 heterocycles. The van der Waals surface area contributed by atoms with Crippen LogP contribution in [0, 0.1) is 0 Å². The molecule has 0 bridgehead atoms. The Bertz CT molecular complexity index is 948. The molecule has 0 unspecified atom stereocenters. The summed E-state index contributed by atoms with van der Waals surface area (Å²) in [5, 5.41) is 8.48. The molecule has 8 heteroatoms. The van der Waals surface area contributed by atoms with Gasteiger partial charge in [-0.15, -0.1) is 10.2 Å². The van der Waals surface area contributed by atoms with Gasteiger partial charge in [-0.1, -0.05) is 42.1 Å². The molecule has 0 saturated carbocycles. The maximum absolute atomic E-state index is 12.3. The molecule has 158 valence electrons. The maximum Gasteiger partial charge on any atom is 0.277 e. The number of ether oxygens (including phenoxy) is 3. The molecule has 0 amide bonds. The number of ketones is 1. The second-order valence-corrected chi connectivity index (χ2v) is 6.98. The van der Waals surface area contributed by atoms with E-state index < -0.39 is 0 Å². The summed E-state index contributed by atoms with van der Waals surface area (Å²) in [5.74, 6) is 2.17. The molecule has 1 aromatic heterocycles. The van der Waals surface area contributed by atoms with E-state index in [-0.39, 0.29) is 11.5 Å². The molecule has 0 fully saturated rings. The summed E-state index contributed by atoms with van der Waals surface area (Å²) in [4.78, 5) is 12.3. The van der Waals surface area contributed by atoms with E-state index in [1.165, 1.54) is 11.8 Å². The Morgan fingerprint density at radius 1 is 0.933 bits per heavy atom. The molecule has 0 aliphatic carbocycles. The number of carbonyl (C=O) groups excluding carboxylic acids is 1. The van der Waals surface area contributed by atoms with Crippen molar-refractivity contribution < 1.29 is 23.4 Å². The molecular weight excluding hydrogens is 404 g/mol. The van der Waals surface area contributed by atoms with E-state index in [1.807, 2.05) is 39.0 Å². The molecule has 0 N–H and O–H groups in total. The minimum atomic E-state index is -0.00122. The summed E-state index contributed by atoms with van der Waals surface area (Å²) in [5.41, 5.74) is 1.30. The van der Waals surface area contributed by atoms with Crippen molar-refractivity contribution in [1.82, 2.24) is 10.2 Å². The van der Waals surface area contributed by atoms with Crippen molar-refractivity contribution in [3.05, 3.63) is 48.0 Å². The third-order valence-electron chi connectivity index (χ3n) is 3.99. The number of nitrogens with zero attached hydrogens (tertiary/aromatic N) is 2. The molecule has 0 saturated heterocycles. The van der Waals surface area contributed by atoms with Gasteiger partial charge in [0.1, 0.15) is 0 Å². The van der Waals surface area contributed by atoms with Crippen LogP contribution in [0.5, 0.6) is 17.2 Å². The second-order valence-electron chi connectivity index (χ2n) is 6.05. The van der Waals surface area contributed by atoms with Gasteiger partial charge in [0.05, 0.1) is 25.6 Å². The van der Waals surface area contributed by atoms with Crippen LogP contribution in [0.2, 0.25) is 0 Å². The van der Waals surface area contributed by atoms with Gasteiger partial charge >= 0.3 is 0 Å². The summed E-state index contributed by atoms with van der Waals surface area (Å²) < 4.78 is 22.9. The normalized spacial score (nSPS) is 10.6. The quantitative estimate of drug-likeness (QED) is 0.315. The van der Waals surface area contributed by atoms with Crippen LogP contribution in [-0.2, 0) is 0 Å². The van der Waals surface area contributed by atoms with Crippen molar-refractivity contribution in [1.29, 1.82) is 0 Å². The van der Waals surface area contributed by atoms with Gasteiger partial charge in [-0.3, -0.25) is 4.79 Å². The van der Waals surface area contributed by atoms with Gasteiger partial charge in [0.15, 0.2) is 17.3 Å². The van der Waals surface area contributed by atoms with Gasteiger partial charge in [-0.2, -0.15) is 0 Å². The largest absolute Gasteiger partial charge is 0.490 e. The fraction of sp³-hybridized carbons (Fsp3) is 0.318. The van der Waals surface area contributed by atoms with E-state index in [9.17, 15) is 4.79 Å². The van der Waals surface area contributed by atoms with E-state index in [1.54, 1.807) is 24.3 Å². The first-order valence-electron chi connectivity index (χ1n) is 9.77. The van der Waals surface area contributed by atoms with Crippen LogP contribution >= 0.6 is 11.8 Å². The predicted molar refractivity (Wildman–Crippen MR) is 115 cm³/mol. The zero-order valence-corrected chi connectivity index (χ0v) is 18.0. The molecule has 0 spiro atoms. The first-order chi connectivity index (χ1) is 14.7. The molecular formula is C22H24N2O5S. The zero-order valence-electron chi connectivity index (χ0n) is 17.2. The lowest BCUT2D eigenvalue weighted by Crippen LogP contribution is -2.03. The van der Waals surface area contributed by atoms with Gasteiger partial charge < -0.3 is 18.6 Å². The van der Waals surface area contributed by atoms with Gasteiger partial charge in [0.25, 0.3) is 5.22 Å². The Balaban J connectivity index is 1.80. The molecule has 3 rings (SSSR count). The van der Waals surface area contributed by atoms with Crippen LogP contribution in [0.3, 0.4) is 0 Å². The lowest BCUT2D eigenvalue weighted by molar-refractivity contribution is 0.102. The number of hydrogen-bond acceptors (Lipinski definition) is 8. The van der Waals surface area contributed by atoms with Crippen molar-refractivity contribution in [3.8, 4) is 28.7 Å². The highest BCUT2D eigenvalue weighted by atomic mass is 32.2. The van der Waals surface area contributed by atoms with Gasteiger partial charge in [-0.05, 0) is 32.9 Å². The van der Waals surface area contributed by atoms with Crippen LogP contribution < -0.4 is 14.2 Å². The van der Waals surface area contributed by atoms with Crippen molar-refractivity contribution in [2.45, 2.75) is 26.0 Å². The Labute approximate surface area is 179 Å². The molecule has 2 aromatic carbocycles. The predicted octanol–water partition coefficient (Wildman–Crippen LogP) is 4.91. The number of Topliss-reactive ketones (excluding diaryl/α,β-unsaturated/α-hetero) is 1. The molecule has 30 heavy (non-hydrogen) atoms. The fourth-order valence-corrected chi connectivity index (χ4v) is 3.39. The number of benzene rings is 2. The molecule has 7 nitrogen and oxygen atoms in total. The summed E-state index contributed by atoms with van der Waals surface area (Å²) in [6.45, 7) is 7.12. The van der Waals surface area contributed by atoms with E-state index in [0.29, 0.717) is 59.3 Å². The lowest BCUT2D eigenvalue weighted by atomic mass is 10.2. The molecule has 0 radical (unpaired) electrons. The summed E-state index contributed by atoms with van der Waals surface area (Å²) in [6.07, 6.45) is 0. The molecule has 0 atom stereocenters. The van der Waals surface area contributed by atoms with Crippen LogP contribution in [0.1, 0.15) is 31.1 Å². The second kappa shape index (κ2) is 10.7. The van der Waals surface area contributed by atoms with Crippen LogP contribution in [0.25, 0.3) is 11.5 Å². The average Bonchev–Trinajstić information content (AvgIpc) is 3.24. The highest BCUT2D eigenvalue weighted by Crippen LogP contribution is 2.42. The molecule has 0 aliphatic rings. The first kappa shape index (κ1) is 21.7. The SMILES string of the molecule is CCOc1cc(-c2nnc(SCC(=O)c3ccccc3)o2)cc(OCC)c1OCC. The fourth-order valence-electron chi connectivity index (χ4n) is 2.73. The summed E-state index contributed by atoms with van der Waals surface area (Å²) in [7, 11) is 0. The first-order valence-corrected chi connectivity index (χ1v) is 10.8. The number of aromatic nitrogens is 2. The highest BCUT2D eigenvalue weighted by molar-refractivity contribution is 7.99. The van der Waals surface area contributed by atoms with Crippen molar-refractivity contribution in [2.75, 3.05) is 25.6 Å². The molecule has 0 aliphatic heterocycles. The lowest BCUT2D eigenvalue weighted by Gasteiger charge is -2.16. The van der Waals surface area contributed by atoms with Crippen molar-refractivity contribution in [2.24, 2.45) is 0 Å². The Morgan fingerprint density at radius 3 is 2.17 bits per heavy atom.